The molecule has 4 atom stereocenters. The molecule has 1 aliphatic heterocycles. The number of carboxylic acid groups (broad SMARTS) is 1. The molecule has 3 nitrogen and oxygen atoms in total. The Hall–Kier alpha value is -1.69. The van der Waals surface area contributed by atoms with Crippen LogP contribution in [0.5, 0.6) is 0 Å². The number of hydrogen-bond acceptors (Lipinski definition) is 2. The predicted octanol–water partition coefficient (Wildman–Crippen LogP) is 6.00. The normalized spacial score (nSPS) is 24.7. The zero-order valence-electron chi connectivity index (χ0n) is 16.3. The zero-order valence-corrected chi connectivity index (χ0v) is 17.9. The van der Waals surface area contributed by atoms with Crippen molar-refractivity contribution in [3.05, 3.63) is 69.2 Å². The van der Waals surface area contributed by atoms with Crippen LogP contribution in [0, 0.1) is 17.0 Å². The van der Waals surface area contributed by atoms with Gasteiger partial charge in [0.15, 0.2) is 0 Å². The highest BCUT2D eigenvalue weighted by Crippen LogP contribution is 2.48. The first-order valence-electron chi connectivity index (χ1n) is 9.37. The van der Waals surface area contributed by atoms with Crippen molar-refractivity contribution in [2.45, 2.75) is 51.1 Å². The second kappa shape index (κ2) is 8.21. The van der Waals surface area contributed by atoms with E-state index in [-0.39, 0.29) is 27.1 Å². The van der Waals surface area contributed by atoms with Crippen molar-refractivity contribution < 1.29 is 18.7 Å². The molecule has 0 bridgehead atoms. The molecule has 2 aromatic carbocycles. The first kappa shape index (κ1) is 22.0. The summed E-state index contributed by atoms with van der Waals surface area (Å²) in [6.45, 7) is 6.06. The number of nitrogens with one attached hydrogen (secondary N) is 1. The molecule has 1 aliphatic rings. The quantitative estimate of drug-likeness (QED) is 0.611. The van der Waals surface area contributed by atoms with Gasteiger partial charge in [-0.25, -0.2) is 8.78 Å². The summed E-state index contributed by atoms with van der Waals surface area (Å²) in [4.78, 5) is 12.1. The summed E-state index contributed by atoms with van der Waals surface area (Å²) in [5.74, 6) is -3.79. The van der Waals surface area contributed by atoms with E-state index in [1.54, 1.807) is 18.2 Å². The maximum absolute atomic E-state index is 14.9. The number of carboxylic acids is 1. The van der Waals surface area contributed by atoms with Crippen molar-refractivity contribution in [2.24, 2.45) is 5.41 Å². The third-order valence-corrected chi connectivity index (χ3v) is 5.86. The van der Waals surface area contributed by atoms with Gasteiger partial charge in [-0.1, -0.05) is 62.2 Å². The van der Waals surface area contributed by atoms with Crippen molar-refractivity contribution in [2.75, 3.05) is 0 Å². The molecule has 0 aromatic heterocycles. The average molecular weight is 442 g/mol. The minimum Gasteiger partial charge on any atom is -0.480 e. The van der Waals surface area contributed by atoms with Gasteiger partial charge in [0.2, 0.25) is 0 Å². The van der Waals surface area contributed by atoms with Gasteiger partial charge in [-0.2, -0.15) is 0 Å². The van der Waals surface area contributed by atoms with Crippen LogP contribution in [0.3, 0.4) is 0 Å². The lowest BCUT2D eigenvalue weighted by atomic mass is 9.74. The molecule has 0 spiro atoms. The summed E-state index contributed by atoms with van der Waals surface area (Å²) in [6, 6.07) is 7.35. The lowest BCUT2D eigenvalue weighted by molar-refractivity contribution is -0.139. The Morgan fingerprint density at radius 2 is 1.79 bits per heavy atom. The topological polar surface area (TPSA) is 49.3 Å². The SMILES string of the molecule is CC(C)(C)CC1NC(C(=O)O)C(c2cccc(Cl)c2F)C1c1ccc(Cl)cc1F. The smallest absolute Gasteiger partial charge is 0.321 e. The first-order chi connectivity index (χ1) is 13.5. The van der Waals surface area contributed by atoms with Gasteiger partial charge >= 0.3 is 5.97 Å². The number of aliphatic carboxylic acids is 1. The first-order valence-corrected chi connectivity index (χ1v) is 10.1. The Bertz CT molecular complexity index is 930. The van der Waals surface area contributed by atoms with Gasteiger partial charge in [0.25, 0.3) is 0 Å². The second-order valence-corrected chi connectivity index (χ2v) is 9.56. The molecule has 29 heavy (non-hydrogen) atoms. The molecule has 2 N–H and O–H groups in total. The van der Waals surface area contributed by atoms with E-state index < -0.39 is 35.5 Å². The number of halogens is 4. The van der Waals surface area contributed by atoms with E-state index >= 15 is 0 Å². The molecule has 4 unspecified atom stereocenters. The monoisotopic (exact) mass is 441 g/mol. The average Bonchev–Trinajstić information content (AvgIpc) is 2.94. The lowest BCUT2D eigenvalue weighted by Gasteiger charge is -2.30. The molecule has 0 radical (unpaired) electrons. The Balaban J connectivity index is 2.21. The molecular formula is C22H23Cl2F2NO2. The molecule has 1 saturated heterocycles. The Labute approximate surface area is 179 Å². The number of hydrogen-bond donors (Lipinski definition) is 2. The van der Waals surface area contributed by atoms with Gasteiger partial charge in [-0.15, -0.1) is 0 Å². The highest BCUT2D eigenvalue weighted by molar-refractivity contribution is 6.31. The van der Waals surface area contributed by atoms with E-state index in [4.69, 9.17) is 23.2 Å². The van der Waals surface area contributed by atoms with Crippen LogP contribution in [0.15, 0.2) is 36.4 Å². The molecule has 1 fully saturated rings. The summed E-state index contributed by atoms with van der Waals surface area (Å²) >= 11 is 11.9. The number of carbonyl (C=O) groups is 1. The van der Waals surface area contributed by atoms with Crippen LogP contribution in [-0.2, 0) is 4.79 Å². The van der Waals surface area contributed by atoms with Gasteiger partial charge < -0.3 is 10.4 Å². The number of benzene rings is 2. The van der Waals surface area contributed by atoms with Crippen LogP contribution in [0.1, 0.15) is 50.2 Å². The third-order valence-electron chi connectivity index (χ3n) is 5.33. The number of rotatable bonds is 4. The molecule has 0 saturated carbocycles. The molecule has 0 amide bonds. The van der Waals surface area contributed by atoms with E-state index in [1.807, 2.05) is 20.8 Å². The molecular weight excluding hydrogens is 419 g/mol. The maximum atomic E-state index is 14.9. The van der Waals surface area contributed by atoms with Crippen LogP contribution in [0.25, 0.3) is 0 Å². The van der Waals surface area contributed by atoms with E-state index in [2.05, 4.69) is 5.32 Å². The van der Waals surface area contributed by atoms with Gasteiger partial charge in [-0.05, 0) is 41.2 Å². The van der Waals surface area contributed by atoms with Crippen LogP contribution in [0.4, 0.5) is 8.78 Å². The highest BCUT2D eigenvalue weighted by Gasteiger charge is 2.50. The zero-order chi connectivity index (χ0) is 21.5. The van der Waals surface area contributed by atoms with E-state index in [0.29, 0.717) is 12.0 Å². The van der Waals surface area contributed by atoms with Crippen molar-refractivity contribution in [3.63, 3.8) is 0 Å². The Kier molecular flexibility index (Phi) is 6.23. The van der Waals surface area contributed by atoms with Crippen molar-refractivity contribution in [1.82, 2.24) is 5.32 Å². The Morgan fingerprint density at radius 3 is 2.38 bits per heavy atom. The predicted molar refractivity (Wildman–Crippen MR) is 111 cm³/mol. The van der Waals surface area contributed by atoms with E-state index in [0.717, 1.165) is 0 Å². The molecule has 1 heterocycles. The summed E-state index contributed by atoms with van der Waals surface area (Å²) < 4.78 is 29.9. The molecule has 0 aliphatic carbocycles. The van der Waals surface area contributed by atoms with Crippen LogP contribution < -0.4 is 5.32 Å². The minimum absolute atomic E-state index is 0.0961. The van der Waals surface area contributed by atoms with Gasteiger partial charge in [0.05, 0.1) is 5.02 Å². The fraction of sp³-hybridized carbons (Fsp3) is 0.409. The molecule has 2 aromatic rings. The summed E-state index contributed by atoms with van der Waals surface area (Å²) in [5, 5.41) is 13.1. The molecule has 7 heteroatoms. The fourth-order valence-electron chi connectivity index (χ4n) is 4.30. The molecule has 156 valence electrons. The summed E-state index contributed by atoms with van der Waals surface area (Å²) in [7, 11) is 0. The fourth-order valence-corrected chi connectivity index (χ4v) is 4.64. The Morgan fingerprint density at radius 1 is 1.10 bits per heavy atom. The van der Waals surface area contributed by atoms with Crippen LogP contribution in [0.2, 0.25) is 10.0 Å². The standard InChI is InChI=1S/C22H23Cl2F2NO2/c1-22(2,3)10-16-17(12-8-7-11(23)9-15(12)25)18(20(27-16)21(28)29)13-5-4-6-14(24)19(13)26/h4-9,16-18,20,27H,10H2,1-3H3,(H,28,29). The lowest BCUT2D eigenvalue weighted by Crippen LogP contribution is -2.39. The highest BCUT2D eigenvalue weighted by atomic mass is 35.5. The van der Waals surface area contributed by atoms with Gasteiger partial charge in [0.1, 0.15) is 17.7 Å². The van der Waals surface area contributed by atoms with E-state index in [9.17, 15) is 18.7 Å². The van der Waals surface area contributed by atoms with Gasteiger partial charge in [-0.3, -0.25) is 4.79 Å². The van der Waals surface area contributed by atoms with Crippen molar-refractivity contribution in [1.29, 1.82) is 0 Å². The summed E-state index contributed by atoms with van der Waals surface area (Å²) in [6.07, 6.45) is 0.572. The van der Waals surface area contributed by atoms with Crippen molar-refractivity contribution >= 4 is 29.2 Å². The van der Waals surface area contributed by atoms with Crippen LogP contribution in [-0.4, -0.2) is 23.2 Å². The minimum atomic E-state index is -1.12. The van der Waals surface area contributed by atoms with E-state index in [1.165, 1.54) is 18.2 Å². The van der Waals surface area contributed by atoms with Crippen LogP contribution >= 0.6 is 23.2 Å². The van der Waals surface area contributed by atoms with Gasteiger partial charge in [0, 0.05) is 22.9 Å². The molecule has 3 rings (SSSR count). The van der Waals surface area contributed by atoms with Crippen molar-refractivity contribution in [3.8, 4) is 0 Å². The summed E-state index contributed by atoms with van der Waals surface area (Å²) in [5.41, 5.74) is 0.307. The maximum Gasteiger partial charge on any atom is 0.321 e. The third kappa shape index (κ3) is 4.57. The second-order valence-electron chi connectivity index (χ2n) is 8.71. The largest absolute Gasteiger partial charge is 0.480 e.